The van der Waals surface area contributed by atoms with Crippen LogP contribution in [0.5, 0.6) is 0 Å². The maximum atomic E-state index is 12.0. The molecule has 0 aromatic rings. The summed E-state index contributed by atoms with van der Waals surface area (Å²) in [6.45, 7) is 2.98. The van der Waals surface area contributed by atoms with Crippen molar-refractivity contribution in [2.24, 2.45) is 0 Å². The second-order valence-electron chi connectivity index (χ2n) is 3.55. The quantitative estimate of drug-likeness (QED) is 0.720. The van der Waals surface area contributed by atoms with Gasteiger partial charge in [-0.2, -0.15) is 13.2 Å². The zero-order chi connectivity index (χ0) is 11.5. The maximum absolute atomic E-state index is 12.0. The minimum absolute atomic E-state index is 0.196. The summed E-state index contributed by atoms with van der Waals surface area (Å²) in [4.78, 5) is 12.2. The van der Waals surface area contributed by atoms with Crippen LogP contribution in [0.2, 0.25) is 0 Å². The van der Waals surface area contributed by atoms with E-state index in [0.717, 1.165) is 6.08 Å². The fraction of sp³-hybridized carbons (Fsp3) is 0.667. The fourth-order valence-corrected chi connectivity index (χ4v) is 1.61. The van der Waals surface area contributed by atoms with Gasteiger partial charge in [-0.05, 0) is 12.5 Å². The molecule has 0 aromatic heterocycles. The summed E-state index contributed by atoms with van der Waals surface area (Å²) in [5.74, 6) is -0.339. The Morgan fingerprint density at radius 2 is 2.27 bits per heavy atom. The molecule has 1 amide bonds. The van der Waals surface area contributed by atoms with Crippen molar-refractivity contribution in [2.45, 2.75) is 18.6 Å². The molecule has 1 fully saturated rings. The van der Waals surface area contributed by atoms with Crippen molar-refractivity contribution in [1.29, 1.82) is 0 Å². The first-order chi connectivity index (χ1) is 6.90. The normalized spacial score (nSPS) is 22.7. The molecule has 0 saturated carbocycles. The molecule has 1 heterocycles. The summed E-state index contributed by atoms with van der Waals surface area (Å²) in [6, 6.07) is -0.196. The van der Waals surface area contributed by atoms with Gasteiger partial charge in [0, 0.05) is 19.1 Å². The lowest BCUT2D eigenvalue weighted by Crippen LogP contribution is -2.38. The molecule has 0 aromatic carbocycles. The Labute approximate surface area is 85.9 Å². The number of hydrogen-bond donors (Lipinski definition) is 1. The molecular weight excluding hydrogens is 209 g/mol. The third-order valence-electron chi connectivity index (χ3n) is 2.21. The van der Waals surface area contributed by atoms with Crippen LogP contribution in [0.25, 0.3) is 0 Å². The van der Waals surface area contributed by atoms with Gasteiger partial charge in [0.2, 0.25) is 5.91 Å². The number of amides is 1. The lowest BCUT2D eigenvalue weighted by Gasteiger charge is -2.17. The molecule has 0 unspecified atom stereocenters. The average molecular weight is 222 g/mol. The number of likely N-dealkylation sites (tertiary alicyclic amines) is 1. The maximum Gasteiger partial charge on any atom is 0.401 e. The van der Waals surface area contributed by atoms with Gasteiger partial charge in [0.15, 0.2) is 0 Å². The Morgan fingerprint density at radius 1 is 1.60 bits per heavy atom. The highest BCUT2D eigenvalue weighted by Crippen LogP contribution is 2.19. The van der Waals surface area contributed by atoms with E-state index in [9.17, 15) is 18.0 Å². The number of alkyl halides is 3. The highest BCUT2D eigenvalue weighted by atomic mass is 19.4. The predicted octanol–water partition coefficient (Wildman–Crippen LogP) is 0.925. The summed E-state index contributed by atoms with van der Waals surface area (Å²) < 4.78 is 36.1. The smallest absolute Gasteiger partial charge is 0.349 e. The van der Waals surface area contributed by atoms with E-state index in [0.29, 0.717) is 13.0 Å². The summed E-state index contributed by atoms with van der Waals surface area (Å²) in [6.07, 6.45) is -2.50. The molecule has 1 aliphatic heterocycles. The van der Waals surface area contributed by atoms with Gasteiger partial charge in [-0.1, -0.05) is 6.58 Å². The molecule has 15 heavy (non-hydrogen) atoms. The molecule has 86 valence electrons. The number of rotatable bonds is 3. The minimum atomic E-state index is -4.17. The Morgan fingerprint density at radius 3 is 2.80 bits per heavy atom. The predicted molar refractivity (Wildman–Crippen MR) is 49.2 cm³/mol. The van der Waals surface area contributed by atoms with Crippen molar-refractivity contribution in [3.8, 4) is 0 Å². The highest BCUT2D eigenvalue weighted by Gasteiger charge is 2.34. The zero-order valence-electron chi connectivity index (χ0n) is 8.18. The molecular formula is C9H13F3N2O. The van der Waals surface area contributed by atoms with Crippen LogP contribution in [0.4, 0.5) is 13.2 Å². The number of halogens is 3. The van der Waals surface area contributed by atoms with Gasteiger partial charge in [0.1, 0.15) is 0 Å². The van der Waals surface area contributed by atoms with Crippen molar-refractivity contribution in [3.05, 3.63) is 12.7 Å². The molecule has 0 radical (unpaired) electrons. The molecule has 1 N–H and O–H groups in total. The van der Waals surface area contributed by atoms with Gasteiger partial charge < -0.3 is 5.32 Å². The zero-order valence-corrected chi connectivity index (χ0v) is 8.18. The lowest BCUT2D eigenvalue weighted by molar-refractivity contribution is -0.143. The van der Waals surface area contributed by atoms with Gasteiger partial charge in [-0.3, -0.25) is 9.69 Å². The Hall–Kier alpha value is -1.04. The fourth-order valence-electron chi connectivity index (χ4n) is 1.61. The number of nitrogens with one attached hydrogen (secondary N) is 1. The van der Waals surface area contributed by atoms with E-state index in [-0.39, 0.29) is 18.5 Å². The van der Waals surface area contributed by atoms with Crippen LogP contribution < -0.4 is 5.32 Å². The molecule has 6 heteroatoms. The molecule has 1 aliphatic rings. The van der Waals surface area contributed by atoms with E-state index >= 15 is 0 Å². The van der Waals surface area contributed by atoms with Crippen molar-refractivity contribution in [2.75, 3.05) is 19.6 Å². The average Bonchev–Trinajstić information content (AvgIpc) is 2.49. The number of nitrogens with zero attached hydrogens (tertiary/aromatic N) is 1. The first-order valence-corrected chi connectivity index (χ1v) is 4.63. The summed E-state index contributed by atoms with van der Waals surface area (Å²) in [5, 5.41) is 2.58. The molecule has 1 atom stereocenters. The minimum Gasteiger partial charge on any atom is -0.349 e. The third kappa shape index (κ3) is 4.33. The first-order valence-electron chi connectivity index (χ1n) is 4.63. The van der Waals surface area contributed by atoms with E-state index in [2.05, 4.69) is 11.9 Å². The third-order valence-corrected chi connectivity index (χ3v) is 2.21. The molecule has 1 saturated heterocycles. The number of carbonyl (C=O) groups excluding carboxylic acids is 1. The van der Waals surface area contributed by atoms with Crippen molar-refractivity contribution < 1.29 is 18.0 Å². The van der Waals surface area contributed by atoms with Crippen molar-refractivity contribution in [1.82, 2.24) is 10.2 Å². The van der Waals surface area contributed by atoms with Crippen molar-refractivity contribution in [3.63, 3.8) is 0 Å². The van der Waals surface area contributed by atoms with Gasteiger partial charge in [0.05, 0.1) is 6.54 Å². The molecule has 0 aliphatic carbocycles. The van der Waals surface area contributed by atoms with E-state index in [1.165, 1.54) is 4.90 Å². The molecule has 0 spiro atoms. The molecule has 1 rings (SSSR count). The van der Waals surface area contributed by atoms with Crippen LogP contribution in [0.3, 0.4) is 0 Å². The summed E-state index contributed by atoms with van der Waals surface area (Å²) in [5.41, 5.74) is 0. The van der Waals surface area contributed by atoms with Crippen LogP contribution >= 0.6 is 0 Å². The standard InChI is InChI=1S/C9H13F3N2O/c1-2-8(15)13-7-3-4-14(5-7)6-9(10,11)12/h2,7H,1,3-6H2,(H,13,15)/t7-/m1/s1. The van der Waals surface area contributed by atoms with Gasteiger partial charge in [-0.15, -0.1) is 0 Å². The highest BCUT2D eigenvalue weighted by molar-refractivity contribution is 5.87. The van der Waals surface area contributed by atoms with Gasteiger partial charge in [-0.25, -0.2) is 0 Å². The Balaban J connectivity index is 2.33. The topological polar surface area (TPSA) is 32.3 Å². The van der Waals surface area contributed by atoms with E-state index in [4.69, 9.17) is 0 Å². The second-order valence-corrected chi connectivity index (χ2v) is 3.55. The molecule has 0 bridgehead atoms. The van der Waals surface area contributed by atoms with E-state index < -0.39 is 12.7 Å². The second kappa shape index (κ2) is 4.65. The van der Waals surface area contributed by atoms with E-state index in [1.54, 1.807) is 0 Å². The first kappa shape index (κ1) is 12.0. The largest absolute Gasteiger partial charge is 0.401 e. The Kier molecular flexibility index (Phi) is 3.73. The lowest BCUT2D eigenvalue weighted by atomic mass is 10.2. The number of hydrogen-bond acceptors (Lipinski definition) is 2. The number of carbonyl (C=O) groups is 1. The Bertz CT molecular complexity index is 252. The van der Waals surface area contributed by atoms with Crippen LogP contribution in [-0.2, 0) is 4.79 Å². The van der Waals surface area contributed by atoms with Crippen LogP contribution in [0.15, 0.2) is 12.7 Å². The molecule has 3 nitrogen and oxygen atoms in total. The summed E-state index contributed by atoms with van der Waals surface area (Å²) >= 11 is 0. The van der Waals surface area contributed by atoms with Crippen LogP contribution in [0.1, 0.15) is 6.42 Å². The summed E-state index contributed by atoms with van der Waals surface area (Å²) in [7, 11) is 0. The van der Waals surface area contributed by atoms with E-state index in [1.807, 2.05) is 0 Å². The monoisotopic (exact) mass is 222 g/mol. The van der Waals surface area contributed by atoms with Gasteiger partial charge in [0.25, 0.3) is 0 Å². The van der Waals surface area contributed by atoms with Crippen LogP contribution in [0, 0.1) is 0 Å². The van der Waals surface area contributed by atoms with Crippen LogP contribution in [-0.4, -0.2) is 42.7 Å². The van der Waals surface area contributed by atoms with Crippen molar-refractivity contribution >= 4 is 5.91 Å². The SMILES string of the molecule is C=CC(=O)N[C@@H]1CCN(CC(F)(F)F)C1. The van der Waals surface area contributed by atoms with Gasteiger partial charge >= 0.3 is 6.18 Å².